The van der Waals surface area contributed by atoms with Crippen LogP contribution in [0.1, 0.15) is 35.8 Å². The summed E-state index contributed by atoms with van der Waals surface area (Å²) in [5.41, 5.74) is 3.01. The van der Waals surface area contributed by atoms with Crippen molar-refractivity contribution in [2.75, 3.05) is 0 Å². The van der Waals surface area contributed by atoms with E-state index in [9.17, 15) is 9.90 Å². The summed E-state index contributed by atoms with van der Waals surface area (Å²) in [4.78, 5) is 17.0. The molecule has 1 saturated carbocycles. The highest BCUT2D eigenvalue weighted by Gasteiger charge is 2.36. The number of hydrogen-bond acceptors (Lipinski definition) is 6. The minimum absolute atomic E-state index is 0.113. The summed E-state index contributed by atoms with van der Waals surface area (Å²) < 4.78 is 4.65. The number of aromatic nitrogens is 3. The highest BCUT2D eigenvalue weighted by Crippen LogP contribution is 2.38. The lowest BCUT2D eigenvalue weighted by Crippen LogP contribution is -2.42. The molecule has 0 aliphatic heterocycles. The van der Waals surface area contributed by atoms with Crippen LogP contribution in [-0.2, 0) is 11.2 Å². The maximum atomic E-state index is 12.5. The second-order valence-corrected chi connectivity index (χ2v) is 6.86. The standard InChI is InChI=1S/C19H20N4O3/c1-11-17(23-26-22-11)9-18(25)21-19(13-7-15(24)8-13)14-6-12-4-2-3-5-16(12)20-10-14/h2-6,10,13,15,19,24H,7-9H2,1H3,(H,21,25). The van der Waals surface area contributed by atoms with E-state index < -0.39 is 0 Å². The number of aliphatic hydroxyl groups is 1. The van der Waals surface area contributed by atoms with Gasteiger partial charge in [-0.2, -0.15) is 0 Å². The smallest absolute Gasteiger partial charge is 0.226 e. The molecule has 1 fully saturated rings. The van der Waals surface area contributed by atoms with E-state index >= 15 is 0 Å². The average molecular weight is 352 g/mol. The molecule has 7 nitrogen and oxygen atoms in total. The summed E-state index contributed by atoms with van der Waals surface area (Å²) >= 11 is 0. The topological polar surface area (TPSA) is 101 Å². The number of pyridine rings is 1. The lowest BCUT2D eigenvalue weighted by atomic mass is 9.75. The molecule has 0 radical (unpaired) electrons. The summed E-state index contributed by atoms with van der Waals surface area (Å²) in [6.45, 7) is 1.76. The second-order valence-electron chi connectivity index (χ2n) is 6.86. The van der Waals surface area contributed by atoms with Crippen LogP contribution < -0.4 is 5.32 Å². The largest absolute Gasteiger partial charge is 0.393 e. The van der Waals surface area contributed by atoms with E-state index in [0.29, 0.717) is 24.2 Å². The van der Waals surface area contributed by atoms with Crippen molar-refractivity contribution in [2.45, 2.75) is 38.3 Å². The lowest BCUT2D eigenvalue weighted by Gasteiger charge is -2.38. The zero-order chi connectivity index (χ0) is 18.1. The Morgan fingerprint density at radius 2 is 2.15 bits per heavy atom. The number of fused-ring (bicyclic) bond motifs is 1. The lowest BCUT2D eigenvalue weighted by molar-refractivity contribution is -0.122. The van der Waals surface area contributed by atoms with Crippen molar-refractivity contribution in [2.24, 2.45) is 5.92 Å². The maximum absolute atomic E-state index is 12.5. The maximum Gasteiger partial charge on any atom is 0.226 e. The quantitative estimate of drug-likeness (QED) is 0.729. The Hall–Kier alpha value is -2.80. The summed E-state index contributed by atoms with van der Waals surface area (Å²) in [6, 6.07) is 9.74. The van der Waals surface area contributed by atoms with Crippen LogP contribution in [0.2, 0.25) is 0 Å². The number of aryl methyl sites for hydroxylation is 1. The molecule has 1 aliphatic carbocycles. The van der Waals surface area contributed by atoms with Gasteiger partial charge in [0, 0.05) is 11.6 Å². The van der Waals surface area contributed by atoms with E-state index in [-0.39, 0.29) is 30.4 Å². The van der Waals surface area contributed by atoms with Crippen molar-refractivity contribution in [3.05, 3.63) is 53.5 Å². The predicted molar refractivity (Wildman–Crippen MR) is 94.1 cm³/mol. The van der Waals surface area contributed by atoms with Gasteiger partial charge in [0.2, 0.25) is 5.91 Å². The molecule has 1 amide bonds. The van der Waals surface area contributed by atoms with Gasteiger partial charge in [-0.15, -0.1) is 0 Å². The summed E-state index contributed by atoms with van der Waals surface area (Å²) in [7, 11) is 0. The molecule has 2 N–H and O–H groups in total. The minimum Gasteiger partial charge on any atom is -0.393 e. The number of carbonyl (C=O) groups excluding carboxylic acids is 1. The molecule has 2 aromatic heterocycles. The minimum atomic E-state index is -0.296. The van der Waals surface area contributed by atoms with Gasteiger partial charge in [-0.05, 0) is 43.4 Å². The van der Waals surface area contributed by atoms with Crippen LogP contribution in [0.15, 0.2) is 41.2 Å². The van der Waals surface area contributed by atoms with E-state index in [0.717, 1.165) is 16.5 Å². The normalized spacial score (nSPS) is 20.5. The molecule has 3 aromatic rings. The van der Waals surface area contributed by atoms with Gasteiger partial charge in [-0.1, -0.05) is 28.5 Å². The Morgan fingerprint density at radius 3 is 2.88 bits per heavy atom. The summed E-state index contributed by atoms with van der Waals surface area (Å²) in [5.74, 6) is 0.0387. The van der Waals surface area contributed by atoms with E-state index in [1.165, 1.54) is 0 Å². The Balaban J connectivity index is 1.57. The fraction of sp³-hybridized carbons (Fsp3) is 0.368. The number of nitrogens with one attached hydrogen (secondary N) is 1. The number of para-hydroxylation sites is 1. The third kappa shape index (κ3) is 3.30. The van der Waals surface area contributed by atoms with E-state index in [1.807, 2.05) is 24.3 Å². The van der Waals surface area contributed by atoms with Gasteiger partial charge < -0.3 is 10.4 Å². The molecule has 1 atom stereocenters. The van der Waals surface area contributed by atoms with Gasteiger partial charge in [-0.25, -0.2) is 4.63 Å². The highest BCUT2D eigenvalue weighted by molar-refractivity contribution is 5.80. The Kier molecular flexibility index (Phi) is 4.38. The number of benzene rings is 1. The van der Waals surface area contributed by atoms with Gasteiger partial charge in [0.15, 0.2) is 0 Å². The zero-order valence-corrected chi connectivity index (χ0v) is 14.4. The Labute approximate surface area is 150 Å². The van der Waals surface area contributed by atoms with Gasteiger partial charge in [0.05, 0.1) is 24.1 Å². The van der Waals surface area contributed by atoms with Gasteiger partial charge in [0.1, 0.15) is 11.4 Å². The number of hydrogen-bond donors (Lipinski definition) is 2. The first-order valence-corrected chi connectivity index (χ1v) is 8.70. The molecule has 134 valence electrons. The number of amides is 1. The van der Waals surface area contributed by atoms with Crippen LogP contribution in [0.5, 0.6) is 0 Å². The van der Waals surface area contributed by atoms with Crippen molar-refractivity contribution >= 4 is 16.8 Å². The first-order valence-electron chi connectivity index (χ1n) is 8.70. The van der Waals surface area contributed by atoms with Crippen molar-refractivity contribution in [1.82, 2.24) is 20.6 Å². The Morgan fingerprint density at radius 1 is 1.35 bits per heavy atom. The molecule has 1 aliphatic rings. The number of aliphatic hydroxyl groups excluding tert-OH is 1. The van der Waals surface area contributed by atoms with Crippen LogP contribution in [0.25, 0.3) is 10.9 Å². The van der Waals surface area contributed by atoms with E-state index in [1.54, 1.807) is 13.1 Å². The molecule has 0 saturated heterocycles. The van der Waals surface area contributed by atoms with Crippen LogP contribution in [0, 0.1) is 12.8 Å². The highest BCUT2D eigenvalue weighted by atomic mass is 16.6. The molecule has 0 bridgehead atoms. The molecule has 4 rings (SSSR count). The van der Waals surface area contributed by atoms with Crippen molar-refractivity contribution in [3.63, 3.8) is 0 Å². The first-order chi connectivity index (χ1) is 12.6. The zero-order valence-electron chi connectivity index (χ0n) is 14.4. The number of nitrogens with zero attached hydrogens (tertiary/aromatic N) is 3. The van der Waals surface area contributed by atoms with Gasteiger partial charge in [-0.3, -0.25) is 9.78 Å². The molecular formula is C19H20N4O3. The van der Waals surface area contributed by atoms with E-state index in [4.69, 9.17) is 0 Å². The average Bonchev–Trinajstić information content (AvgIpc) is 3.01. The Bertz CT molecular complexity index is 933. The van der Waals surface area contributed by atoms with Gasteiger partial charge in [0.25, 0.3) is 0 Å². The van der Waals surface area contributed by atoms with Crippen LogP contribution >= 0.6 is 0 Å². The molecular weight excluding hydrogens is 332 g/mol. The number of rotatable bonds is 5. The van der Waals surface area contributed by atoms with Gasteiger partial charge >= 0.3 is 0 Å². The van der Waals surface area contributed by atoms with Crippen LogP contribution in [0.4, 0.5) is 0 Å². The third-order valence-corrected chi connectivity index (χ3v) is 4.98. The van der Waals surface area contributed by atoms with Crippen LogP contribution in [0.3, 0.4) is 0 Å². The third-order valence-electron chi connectivity index (χ3n) is 4.98. The second kappa shape index (κ2) is 6.84. The summed E-state index contributed by atoms with van der Waals surface area (Å²) in [6.07, 6.45) is 2.96. The molecule has 1 unspecified atom stereocenters. The van der Waals surface area contributed by atoms with Crippen molar-refractivity contribution in [1.29, 1.82) is 0 Å². The number of carbonyl (C=O) groups is 1. The predicted octanol–water partition coefficient (Wildman–Crippen LogP) is 2.10. The monoisotopic (exact) mass is 352 g/mol. The first kappa shape index (κ1) is 16.7. The van der Waals surface area contributed by atoms with Crippen molar-refractivity contribution < 1.29 is 14.5 Å². The van der Waals surface area contributed by atoms with E-state index in [2.05, 4.69) is 31.3 Å². The SMILES string of the molecule is Cc1nonc1CC(=O)NC(c1cnc2ccccc2c1)C1CC(O)C1. The molecule has 1 aromatic carbocycles. The molecule has 7 heteroatoms. The summed E-state index contributed by atoms with van der Waals surface area (Å²) in [5, 5.41) is 21.3. The fourth-order valence-corrected chi connectivity index (χ4v) is 3.42. The molecule has 26 heavy (non-hydrogen) atoms. The molecule has 2 heterocycles. The fourth-order valence-electron chi connectivity index (χ4n) is 3.42. The van der Waals surface area contributed by atoms with Crippen LogP contribution in [-0.4, -0.2) is 32.4 Å². The van der Waals surface area contributed by atoms with Crippen molar-refractivity contribution in [3.8, 4) is 0 Å². The molecule has 0 spiro atoms.